The van der Waals surface area contributed by atoms with E-state index in [1.54, 1.807) is 0 Å². The number of rotatable bonds is 2. The van der Waals surface area contributed by atoms with E-state index < -0.39 is 0 Å². The number of carbonyl (C=O) groups excluding carboxylic acids is 1. The minimum absolute atomic E-state index is 0.01000. The van der Waals surface area contributed by atoms with Gasteiger partial charge in [-0.05, 0) is 37.0 Å². The molecule has 1 saturated carbocycles. The van der Waals surface area contributed by atoms with Gasteiger partial charge in [0.2, 0.25) is 0 Å². The average molecular weight is 178 g/mol. The summed E-state index contributed by atoms with van der Waals surface area (Å²) in [5, 5.41) is 0. The lowest BCUT2D eigenvalue weighted by molar-refractivity contribution is -0.114. The van der Waals surface area contributed by atoms with E-state index in [4.69, 9.17) is 0 Å². The zero-order chi connectivity index (χ0) is 9.53. The van der Waals surface area contributed by atoms with Gasteiger partial charge in [-0.2, -0.15) is 0 Å². The van der Waals surface area contributed by atoms with Crippen LogP contribution in [0.1, 0.15) is 39.5 Å². The molecule has 0 heterocycles. The second kappa shape index (κ2) is 2.70. The molecule has 0 saturated heterocycles. The van der Waals surface area contributed by atoms with E-state index in [2.05, 4.69) is 26.0 Å². The summed E-state index contributed by atoms with van der Waals surface area (Å²) >= 11 is 0. The van der Waals surface area contributed by atoms with Gasteiger partial charge in [-0.1, -0.05) is 26.0 Å². The molecule has 72 valence electrons. The molecule has 2 rings (SSSR count). The van der Waals surface area contributed by atoms with E-state index in [1.807, 2.05) is 0 Å². The van der Waals surface area contributed by atoms with Crippen LogP contribution in [0, 0.1) is 16.7 Å². The van der Waals surface area contributed by atoms with Gasteiger partial charge in [0.15, 0.2) is 0 Å². The van der Waals surface area contributed by atoms with Crippen molar-refractivity contribution in [3.63, 3.8) is 0 Å². The van der Waals surface area contributed by atoms with E-state index in [-0.39, 0.29) is 10.8 Å². The number of hydrogen-bond acceptors (Lipinski definition) is 1. The Morgan fingerprint density at radius 3 is 2.54 bits per heavy atom. The molecule has 1 heteroatoms. The molecule has 0 spiro atoms. The molecule has 1 fully saturated rings. The molecule has 0 aromatic carbocycles. The molecule has 13 heavy (non-hydrogen) atoms. The molecule has 0 radical (unpaired) electrons. The van der Waals surface area contributed by atoms with Gasteiger partial charge in [0.05, 0.1) is 0 Å². The minimum atomic E-state index is -0.01000. The van der Waals surface area contributed by atoms with Crippen molar-refractivity contribution in [2.75, 3.05) is 0 Å². The van der Waals surface area contributed by atoms with Crippen molar-refractivity contribution in [2.45, 2.75) is 39.5 Å². The quantitative estimate of drug-likeness (QED) is 0.469. The highest BCUT2D eigenvalue weighted by Gasteiger charge is 2.64. The summed E-state index contributed by atoms with van der Waals surface area (Å²) in [5.41, 5.74) is 0.241. The first-order valence-electron chi connectivity index (χ1n) is 5.25. The van der Waals surface area contributed by atoms with Crippen molar-refractivity contribution in [1.29, 1.82) is 0 Å². The second-order valence-electron chi connectivity index (χ2n) is 5.18. The van der Waals surface area contributed by atoms with Crippen molar-refractivity contribution >= 4 is 6.29 Å². The van der Waals surface area contributed by atoms with Gasteiger partial charge in [0.1, 0.15) is 6.29 Å². The van der Waals surface area contributed by atoms with Gasteiger partial charge in [-0.15, -0.1) is 0 Å². The van der Waals surface area contributed by atoms with E-state index in [0.717, 1.165) is 6.42 Å². The molecule has 0 aromatic rings. The zero-order valence-electron chi connectivity index (χ0n) is 8.55. The second-order valence-corrected chi connectivity index (χ2v) is 5.18. The van der Waals surface area contributed by atoms with Crippen LogP contribution in [-0.4, -0.2) is 6.29 Å². The Kier molecular flexibility index (Phi) is 1.86. The van der Waals surface area contributed by atoms with Crippen molar-refractivity contribution < 1.29 is 4.79 Å². The zero-order valence-corrected chi connectivity index (χ0v) is 8.55. The highest BCUT2D eigenvalue weighted by atomic mass is 16.1. The lowest BCUT2D eigenvalue weighted by atomic mass is 9.78. The molecule has 1 nitrogen and oxygen atoms in total. The standard InChI is InChI=1S/C12H18O/c1-11(2)8-12(11,9-13)10-6-4-3-5-7-10/h4,6,9-10H,3,5,7-8H2,1-2H3. The van der Waals surface area contributed by atoms with Crippen LogP contribution in [0.15, 0.2) is 12.2 Å². The molecule has 2 atom stereocenters. The summed E-state index contributed by atoms with van der Waals surface area (Å²) in [6.07, 6.45) is 10.5. The molecule has 0 N–H and O–H groups in total. The monoisotopic (exact) mass is 178 g/mol. The maximum atomic E-state index is 11.2. The Hall–Kier alpha value is -0.590. The lowest BCUT2D eigenvalue weighted by Crippen LogP contribution is -2.22. The van der Waals surface area contributed by atoms with Crippen LogP contribution in [0.3, 0.4) is 0 Å². The Morgan fingerprint density at radius 2 is 2.15 bits per heavy atom. The number of carbonyl (C=O) groups is 1. The smallest absolute Gasteiger partial charge is 0.127 e. The molecule has 2 unspecified atom stereocenters. The molecular weight excluding hydrogens is 160 g/mol. The molecular formula is C12H18O. The largest absolute Gasteiger partial charge is 0.303 e. The minimum Gasteiger partial charge on any atom is -0.303 e. The molecule has 0 aliphatic heterocycles. The fraction of sp³-hybridized carbons (Fsp3) is 0.750. The van der Waals surface area contributed by atoms with Crippen LogP contribution in [0.2, 0.25) is 0 Å². The predicted octanol–water partition coefficient (Wildman–Crippen LogP) is 2.96. The Labute approximate surface area is 80.2 Å². The van der Waals surface area contributed by atoms with Crippen molar-refractivity contribution in [1.82, 2.24) is 0 Å². The van der Waals surface area contributed by atoms with Crippen molar-refractivity contribution in [3.05, 3.63) is 12.2 Å². The van der Waals surface area contributed by atoms with Gasteiger partial charge in [0, 0.05) is 5.41 Å². The van der Waals surface area contributed by atoms with Crippen LogP contribution >= 0.6 is 0 Å². The predicted molar refractivity (Wildman–Crippen MR) is 53.4 cm³/mol. The fourth-order valence-electron chi connectivity index (χ4n) is 2.85. The first-order chi connectivity index (χ1) is 6.12. The number of aldehydes is 1. The van der Waals surface area contributed by atoms with Crippen LogP contribution in [0.5, 0.6) is 0 Å². The normalized spacial score (nSPS) is 41.5. The van der Waals surface area contributed by atoms with Crippen LogP contribution in [-0.2, 0) is 4.79 Å². The van der Waals surface area contributed by atoms with E-state index in [0.29, 0.717) is 5.92 Å². The van der Waals surface area contributed by atoms with Crippen LogP contribution in [0.25, 0.3) is 0 Å². The summed E-state index contributed by atoms with van der Waals surface area (Å²) in [6.45, 7) is 4.42. The lowest BCUT2D eigenvalue weighted by Gasteiger charge is -2.25. The summed E-state index contributed by atoms with van der Waals surface area (Å²) in [4.78, 5) is 11.2. The molecule has 2 aliphatic carbocycles. The first kappa shape index (κ1) is 8.98. The average Bonchev–Trinajstić information content (AvgIpc) is 2.72. The van der Waals surface area contributed by atoms with Gasteiger partial charge >= 0.3 is 0 Å². The van der Waals surface area contributed by atoms with E-state index >= 15 is 0 Å². The van der Waals surface area contributed by atoms with Gasteiger partial charge in [0.25, 0.3) is 0 Å². The third-order valence-electron chi connectivity index (χ3n) is 4.00. The summed E-state index contributed by atoms with van der Waals surface area (Å²) in [7, 11) is 0. The topological polar surface area (TPSA) is 17.1 Å². The molecule has 0 aromatic heterocycles. The fourth-order valence-corrected chi connectivity index (χ4v) is 2.85. The molecule has 0 bridgehead atoms. The summed E-state index contributed by atoms with van der Waals surface area (Å²) in [5.74, 6) is 0.522. The van der Waals surface area contributed by atoms with Gasteiger partial charge < -0.3 is 4.79 Å². The van der Waals surface area contributed by atoms with Gasteiger partial charge in [-0.3, -0.25) is 0 Å². The number of hydrogen-bond donors (Lipinski definition) is 0. The third-order valence-corrected chi connectivity index (χ3v) is 4.00. The van der Waals surface area contributed by atoms with Crippen molar-refractivity contribution in [2.24, 2.45) is 16.7 Å². The Bertz CT molecular complexity index is 252. The molecule has 0 amide bonds. The van der Waals surface area contributed by atoms with Crippen LogP contribution < -0.4 is 0 Å². The van der Waals surface area contributed by atoms with Crippen molar-refractivity contribution in [3.8, 4) is 0 Å². The van der Waals surface area contributed by atoms with E-state index in [9.17, 15) is 4.79 Å². The third kappa shape index (κ3) is 1.17. The highest BCUT2D eigenvalue weighted by molar-refractivity contribution is 5.67. The number of allylic oxidation sites excluding steroid dienone is 2. The maximum absolute atomic E-state index is 11.2. The highest BCUT2D eigenvalue weighted by Crippen LogP contribution is 2.67. The molecule has 2 aliphatic rings. The van der Waals surface area contributed by atoms with Crippen LogP contribution in [0.4, 0.5) is 0 Å². The Balaban J connectivity index is 2.19. The van der Waals surface area contributed by atoms with Gasteiger partial charge in [-0.25, -0.2) is 0 Å². The SMILES string of the molecule is CC1(C)CC1(C=O)C1C=CCCC1. The summed E-state index contributed by atoms with van der Waals surface area (Å²) in [6, 6.07) is 0. The maximum Gasteiger partial charge on any atom is 0.127 e. The Morgan fingerprint density at radius 1 is 1.46 bits per heavy atom. The van der Waals surface area contributed by atoms with E-state index in [1.165, 1.54) is 25.5 Å². The first-order valence-corrected chi connectivity index (χ1v) is 5.25. The summed E-state index contributed by atoms with van der Waals surface area (Å²) < 4.78 is 0.